The Balaban J connectivity index is 1.33. The van der Waals surface area contributed by atoms with Gasteiger partial charge in [0.25, 0.3) is 0 Å². The minimum absolute atomic E-state index is 0.0491. The van der Waals surface area contributed by atoms with Gasteiger partial charge in [-0.1, -0.05) is 61.2 Å². The summed E-state index contributed by atoms with van der Waals surface area (Å²) in [5.41, 5.74) is 3.69. The van der Waals surface area contributed by atoms with E-state index in [1.54, 1.807) is 17.0 Å². The third kappa shape index (κ3) is 5.59. The zero-order valence-electron chi connectivity index (χ0n) is 18.3. The first-order chi connectivity index (χ1) is 15.9. The fraction of sp³-hybridized carbons (Fsp3) is 0.292. The van der Waals surface area contributed by atoms with Gasteiger partial charge in [0, 0.05) is 24.4 Å². The highest BCUT2D eigenvalue weighted by Gasteiger charge is 2.35. The molecule has 1 N–H and O–H groups in total. The summed E-state index contributed by atoms with van der Waals surface area (Å²) in [5, 5.41) is 20.3. The van der Waals surface area contributed by atoms with Gasteiger partial charge in [0.1, 0.15) is 0 Å². The van der Waals surface area contributed by atoms with Crippen molar-refractivity contribution in [1.29, 1.82) is 5.26 Å². The molecule has 4 rings (SSSR count). The fourth-order valence-corrected chi connectivity index (χ4v) is 5.24. The standard InChI is InChI=1S/C24H23N5O2S2/c1-15(2)18-4-3-5-20(10-18)29-13-19(11-21(29)30)22(31)26-23-27-28-24(33-23)32-14-17-8-6-16(12-25)7-9-17/h3-10,15,19H,11,13-14H2,1-2H3,(H,26,27,31). The molecule has 0 spiro atoms. The first-order valence-electron chi connectivity index (χ1n) is 10.6. The third-order valence-corrected chi connectivity index (χ3v) is 7.47. The molecule has 1 atom stereocenters. The molecule has 1 aliphatic rings. The van der Waals surface area contributed by atoms with Crippen molar-refractivity contribution in [3.63, 3.8) is 0 Å². The molecule has 0 aliphatic carbocycles. The molecule has 168 valence electrons. The first-order valence-corrected chi connectivity index (χ1v) is 12.4. The predicted molar refractivity (Wildman–Crippen MR) is 130 cm³/mol. The molecular formula is C24H23N5O2S2. The smallest absolute Gasteiger partial charge is 0.231 e. The molecule has 9 heteroatoms. The highest BCUT2D eigenvalue weighted by atomic mass is 32.2. The number of anilines is 2. The number of nitriles is 1. The number of amides is 2. The number of carbonyl (C=O) groups is 2. The van der Waals surface area contributed by atoms with Crippen LogP contribution in [0.1, 0.15) is 42.9 Å². The molecule has 1 saturated heterocycles. The Kier molecular flexibility index (Phi) is 7.06. The summed E-state index contributed by atoms with van der Waals surface area (Å²) in [4.78, 5) is 27.1. The minimum Gasteiger partial charge on any atom is -0.312 e. The summed E-state index contributed by atoms with van der Waals surface area (Å²) >= 11 is 2.83. The number of nitrogens with zero attached hydrogens (tertiary/aromatic N) is 4. The van der Waals surface area contributed by atoms with E-state index < -0.39 is 5.92 Å². The molecule has 1 fully saturated rings. The molecule has 1 unspecified atom stereocenters. The Bertz CT molecular complexity index is 1200. The van der Waals surface area contributed by atoms with Gasteiger partial charge in [0.05, 0.1) is 17.6 Å². The minimum atomic E-state index is -0.432. The molecule has 2 aromatic carbocycles. The topological polar surface area (TPSA) is 99.0 Å². The van der Waals surface area contributed by atoms with Crippen molar-refractivity contribution in [2.45, 2.75) is 36.3 Å². The van der Waals surface area contributed by atoms with Crippen LogP contribution in [0.15, 0.2) is 52.9 Å². The van der Waals surface area contributed by atoms with Gasteiger partial charge < -0.3 is 10.2 Å². The largest absolute Gasteiger partial charge is 0.312 e. The average molecular weight is 478 g/mol. The summed E-state index contributed by atoms with van der Waals surface area (Å²) in [6.07, 6.45) is 0.177. The number of carbonyl (C=O) groups excluding carboxylic acids is 2. The van der Waals surface area contributed by atoms with Crippen molar-refractivity contribution < 1.29 is 9.59 Å². The SMILES string of the molecule is CC(C)c1cccc(N2CC(C(=O)Nc3nnc(SCc4ccc(C#N)cc4)s3)CC2=O)c1. The lowest BCUT2D eigenvalue weighted by atomic mass is 10.0. The molecule has 7 nitrogen and oxygen atoms in total. The zero-order chi connectivity index (χ0) is 23.4. The van der Waals surface area contributed by atoms with Gasteiger partial charge >= 0.3 is 0 Å². The molecule has 2 amide bonds. The van der Waals surface area contributed by atoms with E-state index >= 15 is 0 Å². The van der Waals surface area contributed by atoms with Gasteiger partial charge in [-0.2, -0.15) is 5.26 Å². The Morgan fingerprint density at radius 3 is 2.79 bits per heavy atom. The maximum absolute atomic E-state index is 12.8. The van der Waals surface area contributed by atoms with Gasteiger partial charge in [-0.15, -0.1) is 10.2 Å². The lowest BCUT2D eigenvalue weighted by molar-refractivity contribution is -0.122. The first kappa shape index (κ1) is 23.0. The number of hydrogen-bond acceptors (Lipinski definition) is 7. The van der Waals surface area contributed by atoms with E-state index in [9.17, 15) is 9.59 Å². The molecule has 1 aliphatic heterocycles. The predicted octanol–water partition coefficient (Wildman–Crippen LogP) is 4.82. The van der Waals surface area contributed by atoms with E-state index in [0.29, 0.717) is 28.9 Å². The summed E-state index contributed by atoms with van der Waals surface area (Å²) in [6, 6.07) is 17.4. The molecule has 1 aromatic heterocycles. The number of thioether (sulfide) groups is 1. The second kappa shape index (κ2) is 10.1. The number of hydrogen-bond donors (Lipinski definition) is 1. The van der Waals surface area contributed by atoms with Crippen LogP contribution in [0.2, 0.25) is 0 Å². The molecule has 3 aromatic rings. The van der Waals surface area contributed by atoms with Crippen molar-refractivity contribution in [2.24, 2.45) is 5.92 Å². The van der Waals surface area contributed by atoms with Gasteiger partial charge in [0.15, 0.2) is 4.34 Å². The molecular weight excluding hydrogens is 454 g/mol. The maximum Gasteiger partial charge on any atom is 0.231 e. The zero-order valence-corrected chi connectivity index (χ0v) is 19.9. The molecule has 0 saturated carbocycles. The van der Waals surface area contributed by atoms with E-state index in [1.807, 2.05) is 36.4 Å². The van der Waals surface area contributed by atoms with Gasteiger partial charge in [-0.3, -0.25) is 9.59 Å². The van der Waals surface area contributed by atoms with Crippen LogP contribution in [-0.2, 0) is 15.3 Å². The van der Waals surface area contributed by atoms with Crippen LogP contribution in [0.25, 0.3) is 0 Å². The Morgan fingerprint density at radius 1 is 1.27 bits per heavy atom. The van der Waals surface area contributed by atoms with Crippen molar-refractivity contribution in [1.82, 2.24) is 10.2 Å². The van der Waals surface area contributed by atoms with Gasteiger partial charge in [0.2, 0.25) is 16.9 Å². The third-order valence-electron chi connectivity index (χ3n) is 5.43. The normalized spacial score (nSPS) is 15.6. The number of aromatic nitrogens is 2. The van der Waals surface area contributed by atoms with E-state index in [4.69, 9.17) is 5.26 Å². The van der Waals surface area contributed by atoms with E-state index in [0.717, 1.165) is 21.2 Å². The van der Waals surface area contributed by atoms with E-state index in [-0.39, 0.29) is 18.2 Å². The molecule has 0 bridgehead atoms. The number of nitrogens with one attached hydrogen (secondary N) is 1. The summed E-state index contributed by atoms with van der Waals surface area (Å²) in [5.74, 6) is 0.357. The number of rotatable bonds is 7. The van der Waals surface area contributed by atoms with E-state index in [1.165, 1.54) is 23.1 Å². The van der Waals surface area contributed by atoms with Crippen LogP contribution in [0.5, 0.6) is 0 Å². The summed E-state index contributed by atoms with van der Waals surface area (Å²) < 4.78 is 0.740. The van der Waals surface area contributed by atoms with E-state index in [2.05, 4.69) is 35.4 Å². The van der Waals surface area contributed by atoms with Crippen molar-refractivity contribution in [3.8, 4) is 6.07 Å². The monoisotopic (exact) mass is 477 g/mol. The quantitative estimate of drug-likeness (QED) is 0.387. The van der Waals surface area contributed by atoms with Crippen molar-refractivity contribution in [2.75, 3.05) is 16.8 Å². The van der Waals surface area contributed by atoms with Crippen LogP contribution >= 0.6 is 23.1 Å². The second-order valence-electron chi connectivity index (χ2n) is 8.11. The van der Waals surface area contributed by atoms with Crippen LogP contribution < -0.4 is 10.2 Å². The molecule has 33 heavy (non-hydrogen) atoms. The second-order valence-corrected chi connectivity index (χ2v) is 10.3. The van der Waals surface area contributed by atoms with Gasteiger partial charge in [-0.05, 0) is 41.3 Å². The van der Waals surface area contributed by atoms with Crippen LogP contribution in [-0.4, -0.2) is 28.6 Å². The number of benzene rings is 2. The van der Waals surface area contributed by atoms with Gasteiger partial charge in [-0.25, -0.2) is 0 Å². The Labute approximate surface area is 200 Å². The van der Waals surface area contributed by atoms with Crippen molar-refractivity contribution >= 4 is 45.7 Å². The Hall–Kier alpha value is -3.22. The maximum atomic E-state index is 12.8. The summed E-state index contributed by atoms with van der Waals surface area (Å²) in [6.45, 7) is 4.58. The summed E-state index contributed by atoms with van der Waals surface area (Å²) in [7, 11) is 0. The average Bonchev–Trinajstić information content (AvgIpc) is 3.44. The Morgan fingerprint density at radius 2 is 2.06 bits per heavy atom. The van der Waals surface area contributed by atoms with Crippen LogP contribution in [0.3, 0.4) is 0 Å². The fourth-order valence-electron chi connectivity index (χ4n) is 3.53. The highest BCUT2D eigenvalue weighted by Crippen LogP contribution is 2.31. The lowest BCUT2D eigenvalue weighted by Gasteiger charge is -2.18. The van der Waals surface area contributed by atoms with Crippen molar-refractivity contribution in [3.05, 3.63) is 65.2 Å². The van der Waals surface area contributed by atoms with Crippen LogP contribution in [0, 0.1) is 17.2 Å². The molecule has 0 radical (unpaired) electrons. The molecule has 2 heterocycles. The lowest BCUT2D eigenvalue weighted by Crippen LogP contribution is -2.28. The highest BCUT2D eigenvalue weighted by molar-refractivity contribution is 8.00. The van der Waals surface area contributed by atoms with Crippen LogP contribution in [0.4, 0.5) is 10.8 Å².